The van der Waals surface area contributed by atoms with Crippen LogP contribution >= 0.6 is 0 Å². The zero-order valence-corrected chi connectivity index (χ0v) is 21.4. The average Bonchev–Trinajstić information content (AvgIpc) is 2.90. The minimum atomic E-state index is -0.291. The van der Waals surface area contributed by atoms with Crippen molar-refractivity contribution in [3.05, 3.63) is 83.9 Å². The van der Waals surface area contributed by atoms with E-state index in [4.69, 9.17) is 4.74 Å². The number of aromatic nitrogens is 2. The predicted octanol–water partition coefficient (Wildman–Crippen LogP) is 8.00. The van der Waals surface area contributed by atoms with E-state index in [0.717, 1.165) is 23.4 Å². The molecule has 0 radical (unpaired) electrons. The van der Waals surface area contributed by atoms with Gasteiger partial charge in [0.05, 0.1) is 11.7 Å². The Bertz CT molecular complexity index is 985. The highest BCUT2D eigenvalue weighted by molar-refractivity contribution is 5.89. The van der Waals surface area contributed by atoms with E-state index in [9.17, 15) is 4.79 Å². The van der Waals surface area contributed by atoms with Crippen LogP contribution in [-0.2, 0) is 17.6 Å². The van der Waals surface area contributed by atoms with Crippen molar-refractivity contribution in [3.8, 4) is 11.1 Å². The van der Waals surface area contributed by atoms with Crippen molar-refractivity contribution in [2.45, 2.75) is 90.6 Å². The standard InChI is InChI=1S/C31H40N2O2/c1-3-4-5-6-7-8-9-11-14-26-18-20-27(21-19-26)29-23-32-30(33-24-29)22-17-25(2)35-31(34)28-15-12-10-13-16-28/h10,12-13,15-16,18-21,23-25H,3-9,11,14,17,22H2,1-2H3. The summed E-state index contributed by atoms with van der Waals surface area (Å²) < 4.78 is 5.53. The van der Waals surface area contributed by atoms with Gasteiger partial charge in [-0.25, -0.2) is 14.8 Å². The van der Waals surface area contributed by atoms with Crippen LogP contribution in [0.5, 0.6) is 0 Å². The molecule has 4 nitrogen and oxygen atoms in total. The lowest BCUT2D eigenvalue weighted by atomic mass is 10.0. The molecule has 0 aliphatic heterocycles. The molecule has 186 valence electrons. The second-order valence-corrected chi connectivity index (χ2v) is 9.43. The van der Waals surface area contributed by atoms with Crippen molar-refractivity contribution in [1.29, 1.82) is 0 Å². The highest BCUT2D eigenvalue weighted by atomic mass is 16.5. The fourth-order valence-corrected chi connectivity index (χ4v) is 4.18. The van der Waals surface area contributed by atoms with E-state index in [2.05, 4.69) is 41.2 Å². The Kier molecular flexibility index (Phi) is 11.5. The van der Waals surface area contributed by atoms with Gasteiger partial charge in [-0.15, -0.1) is 0 Å². The van der Waals surface area contributed by atoms with E-state index in [1.807, 2.05) is 37.5 Å². The van der Waals surface area contributed by atoms with Crippen LogP contribution in [0.15, 0.2) is 67.0 Å². The number of nitrogens with zero attached hydrogens (tertiary/aromatic N) is 2. The van der Waals surface area contributed by atoms with Crippen LogP contribution in [0.4, 0.5) is 0 Å². The summed E-state index contributed by atoms with van der Waals surface area (Å²) in [6.07, 6.45) is 16.9. The first kappa shape index (κ1) is 26.6. The Morgan fingerprint density at radius 1 is 0.771 bits per heavy atom. The molecule has 2 aromatic carbocycles. The maximum atomic E-state index is 12.2. The van der Waals surface area contributed by atoms with Gasteiger partial charge in [-0.3, -0.25) is 0 Å². The summed E-state index contributed by atoms with van der Waals surface area (Å²) in [4.78, 5) is 21.2. The number of rotatable bonds is 15. The molecule has 4 heteroatoms. The molecular weight excluding hydrogens is 432 g/mol. The van der Waals surface area contributed by atoms with E-state index < -0.39 is 0 Å². The lowest BCUT2D eigenvalue weighted by Gasteiger charge is -2.13. The summed E-state index contributed by atoms with van der Waals surface area (Å²) in [5.41, 5.74) is 4.14. The minimum absolute atomic E-state index is 0.195. The molecule has 0 fully saturated rings. The van der Waals surface area contributed by atoms with Crippen LogP contribution in [0.2, 0.25) is 0 Å². The fourth-order valence-electron chi connectivity index (χ4n) is 4.18. The van der Waals surface area contributed by atoms with Gasteiger partial charge in [0.15, 0.2) is 0 Å². The van der Waals surface area contributed by atoms with E-state index in [1.165, 1.54) is 56.9 Å². The van der Waals surface area contributed by atoms with Crippen molar-refractivity contribution >= 4 is 5.97 Å². The first-order valence-corrected chi connectivity index (χ1v) is 13.3. The van der Waals surface area contributed by atoms with Gasteiger partial charge in [-0.2, -0.15) is 0 Å². The van der Waals surface area contributed by atoms with Gasteiger partial charge >= 0.3 is 5.97 Å². The molecule has 0 aliphatic carbocycles. The zero-order chi connectivity index (χ0) is 24.7. The summed E-state index contributed by atoms with van der Waals surface area (Å²) in [7, 11) is 0. The maximum Gasteiger partial charge on any atom is 0.338 e. The van der Waals surface area contributed by atoms with Crippen LogP contribution in [0.3, 0.4) is 0 Å². The number of ether oxygens (including phenoxy) is 1. The van der Waals surface area contributed by atoms with Gasteiger partial charge in [-0.05, 0) is 49.4 Å². The predicted molar refractivity (Wildman–Crippen MR) is 143 cm³/mol. The number of aryl methyl sites for hydroxylation is 2. The third-order valence-electron chi connectivity index (χ3n) is 6.40. The topological polar surface area (TPSA) is 52.1 Å². The molecule has 0 spiro atoms. The summed E-state index contributed by atoms with van der Waals surface area (Å²) in [6.45, 7) is 4.18. The first-order chi connectivity index (χ1) is 17.2. The molecule has 3 rings (SSSR count). The molecule has 1 aromatic heterocycles. The summed E-state index contributed by atoms with van der Waals surface area (Å²) in [5, 5.41) is 0. The molecule has 3 aromatic rings. The number of carbonyl (C=O) groups is 1. The molecule has 1 atom stereocenters. The number of carbonyl (C=O) groups excluding carboxylic acids is 1. The highest BCUT2D eigenvalue weighted by Gasteiger charge is 2.12. The van der Waals surface area contributed by atoms with E-state index >= 15 is 0 Å². The second-order valence-electron chi connectivity index (χ2n) is 9.43. The molecule has 0 saturated heterocycles. The lowest BCUT2D eigenvalue weighted by Crippen LogP contribution is -2.16. The Balaban J connectivity index is 1.37. The zero-order valence-electron chi connectivity index (χ0n) is 21.4. The Morgan fingerprint density at radius 3 is 2.06 bits per heavy atom. The third-order valence-corrected chi connectivity index (χ3v) is 6.40. The number of unbranched alkanes of at least 4 members (excludes halogenated alkanes) is 7. The number of hydrogen-bond donors (Lipinski definition) is 0. The van der Waals surface area contributed by atoms with E-state index in [-0.39, 0.29) is 12.1 Å². The first-order valence-electron chi connectivity index (χ1n) is 13.3. The van der Waals surface area contributed by atoms with Crippen molar-refractivity contribution < 1.29 is 9.53 Å². The van der Waals surface area contributed by atoms with Crippen LogP contribution in [0.25, 0.3) is 11.1 Å². The van der Waals surface area contributed by atoms with Gasteiger partial charge in [-0.1, -0.05) is 94.3 Å². The van der Waals surface area contributed by atoms with Crippen LogP contribution < -0.4 is 0 Å². The fraction of sp³-hybridized carbons (Fsp3) is 0.452. The molecule has 1 heterocycles. The Morgan fingerprint density at radius 2 is 1.40 bits per heavy atom. The summed E-state index contributed by atoms with van der Waals surface area (Å²) in [6, 6.07) is 17.9. The number of benzene rings is 2. The SMILES string of the molecule is CCCCCCCCCCc1ccc(-c2cnc(CCC(C)OC(=O)c3ccccc3)nc2)cc1. The minimum Gasteiger partial charge on any atom is -0.459 e. The summed E-state index contributed by atoms with van der Waals surface area (Å²) >= 11 is 0. The quantitative estimate of drug-likeness (QED) is 0.166. The molecular formula is C31H40N2O2. The van der Waals surface area contributed by atoms with Gasteiger partial charge in [0, 0.05) is 24.4 Å². The van der Waals surface area contributed by atoms with Gasteiger partial charge in [0.25, 0.3) is 0 Å². The van der Waals surface area contributed by atoms with Gasteiger partial charge in [0.2, 0.25) is 0 Å². The van der Waals surface area contributed by atoms with E-state index in [1.54, 1.807) is 12.1 Å². The van der Waals surface area contributed by atoms with E-state index in [0.29, 0.717) is 18.4 Å². The molecule has 35 heavy (non-hydrogen) atoms. The number of hydrogen-bond acceptors (Lipinski definition) is 4. The normalized spacial score (nSPS) is 11.8. The second kappa shape index (κ2) is 15.1. The molecule has 0 bridgehead atoms. The smallest absolute Gasteiger partial charge is 0.338 e. The number of esters is 1. The van der Waals surface area contributed by atoms with Crippen LogP contribution in [0, 0.1) is 0 Å². The monoisotopic (exact) mass is 472 g/mol. The molecule has 0 saturated carbocycles. The maximum absolute atomic E-state index is 12.2. The summed E-state index contributed by atoms with van der Waals surface area (Å²) in [5.74, 6) is 0.475. The molecule has 0 aliphatic rings. The third kappa shape index (κ3) is 9.64. The van der Waals surface area contributed by atoms with Crippen molar-refractivity contribution in [1.82, 2.24) is 9.97 Å². The largest absolute Gasteiger partial charge is 0.459 e. The van der Waals surface area contributed by atoms with Crippen molar-refractivity contribution in [3.63, 3.8) is 0 Å². The molecule has 0 amide bonds. The molecule has 1 unspecified atom stereocenters. The highest BCUT2D eigenvalue weighted by Crippen LogP contribution is 2.20. The van der Waals surface area contributed by atoms with Crippen molar-refractivity contribution in [2.75, 3.05) is 0 Å². The average molecular weight is 473 g/mol. The Labute approximate surface area is 211 Å². The van der Waals surface area contributed by atoms with Crippen LogP contribution in [0.1, 0.15) is 93.4 Å². The van der Waals surface area contributed by atoms with Crippen LogP contribution in [-0.4, -0.2) is 22.0 Å². The van der Waals surface area contributed by atoms with Gasteiger partial charge < -0.3 is 4.74 Å². The van der Waals surface area contributed by atoms with Gasteiger partial charge in [0.1, 0.15) is 5.82 Å². The Hall–Kier alpha value is -3.01. The van der Waals surface area contributed by atoms with Crippen molar-refractivity contribution in [2.24, 2.45) is 0 Å². The lowest BCUT2D eigenvalue weighted by molar-refractivity contribution is 0.0324. The molecule has 0 N–H and O–H groups in total.